The van der Waals surface area contributed by atoms with Gasteiger partial charge in [0.25, 0.3) is 0 Å². The van der Waals surface area contributed by atoms with Crippen molar-refractivity contribution in [3.8, 4) is 0 Å². The monoisotopic (exact) mass is 272 g/mol. The third-order valence-corrected chi connectivity index (χ3v) is 3.64. The zero-order valence-electron chi connectivity index (χ0n) is 12.2. The molecule has 1 atom stereocenters. The smallest absolute Gasteiger partial charge is 0.125 e. The summed E-state index contributed by atoms with van der Waals surface area (Å²) in [6, 6.07) is 2.05. The molecular formula is C14H20N6. The van der Waals surface area contributed by atoms with Crippen LogP contribution in [0.2, 0.25) is 0 Å². The number of hydrogen-bond donors (Lipinski definition) is 1. The number of aryl methyl sites for hydroxylation is 2. The highest BCUT2D eigenvalue weighted by atomic mass is 15.5. The Morgan fingerprint density at radius 2 is 2.30 bits per heavy atom. The Morgan fingerprint density at radius 3 is 3.00 bits per heavy atom. The van der Waals surface area contributed by atoms with E-state index in [9.17, 15) is 0 Å². The van der Waals surface area contributed by atoms with Gasteiger partial charge in [0, 0.05) is 13.1 Å². The van der Waals surface area contributed by atoms with Crippen molar-refractivity contribution in [1.29, 1.82) is 0 Å². The minimum atomic E-state index is 0.104. The van der Waals surface area contributed by atoms with Crippen LogP contribution in [0.3, 0.4) is 0 Å². The molecule has 1 aliphatic carbocycles. The summed E-state index contributed by atoms with van der Waals surface area (Å²) in [5.41, 5.74) is 3.22. The van der Waals surface area contributed by atoms with Gasteiger partial charge < -0.3 is 5.32 Å². The molecule has 2 aromatic rings. The van der Waals surface area contributed by atoms with Gasteiger partial charge in [0.05, 0.1) is 11.4 Å². The minimum absolute atomic E-state index is 0.104. The van der Waals surface area contributed by atoms with Crippen LogP contribution in [0.5, 0.6) is 0 Å². The van der Waals surface area contributed by atoms with E-state index in [-0.39, 0.29) is 6.17 Å². The van der Waals surface area contributed by atoms with Crippen molar-refractivity contribution in [2.24, 2.45) is 7.05 Å². The lowest BCUT2D eigenvalue weighted by Gasteiger charge is -2.20. The minimum Gasteiger partial charge on any atom is -0.349 e. The predicted octanol–water partition coefficient (Wildman–Crippen LogP) is 2.30. The molecule has 1 aliphatic rings. The van der Waals surface area contributed by atoms with Crippen LogP contribution in [0.1, 0.15) is 43.0 Å². The van der Waals surface area contributed by atoms with Crippen molar-refractivity contribution < 1.29 is 0 Å². The highest BCUT2D eigenvalue weighted by Gasteiger charge is 2.20. The van der Waals surface area contributed by atoms with E-state index in [1.54, 1.807) is 0 Å². The van der Waals surface area contributed by atoms with Gasteiger partial charge in [0.15, 0.2) is 0 Å². The van der Waals surface area contributed by atoms with Crippen LogP contribution in [0.25, 0.3) is 6.08 Å². The Balaban J connectivity index is 1.89. The summed E-state index contributed by atoms with van der Waals surface area (Å²) in [6.45, 7) is 4.14. The summed E-state index contributed by atoms with van der Waals surface area (Å²) in [5.74, 6) is 1.00. The predicted molar refractivity (Wildman–Crippen MR) is 78.3 cm³/mol. The Morgan fingerprint density at radius 1 is 1.45 bits per heavy atom. The maximum Gasteiger partial charge on any atom is 0.125 e. The maximum absolute atomic E-state index is 4.36. The molecule has 2 heterocycles. The van der Waals surface area contributed by atoms with E-state index >= 15 is 0 Å². The van der Waals surface area contributed by atoms with Gasteiger partial charge in [-0.2, -0.15) is 5.10 Å². The van der Waals surface area contributed by atoms with Gasteiger partial charge in [-0.05, 0) is 32.3 Å². The van der Waals surface area contributed by atoms with Crippen LogP contribution < -0.4 is 5.32 Å². The molecule has 3 rings (SSSR count). The van der Waals surface area contributed by atoms with Crippen LogP contribution in [0.4, 0.5) is 5.82 Å². The Hall–Kier alpha value is -2.11. The van der Waals surface area contributed by atoms with Gasteiger partial charge in [-0.25, -0.2) is 4.68 Å². The van der Waals surface area contributed by atoms with Gasteiger partial charge in [0.1, 0.15) is 17.7 Å². The van der Waals surface area contributed by atoms with Crippen LogP contribution in [0, 0.1) is 6.92 Å². The number of hydrogen-bond acceptors (Lipinski definition) is 4. The molecule has 0 aliphatic heterocycles. The second kappa shape index (κ2) is 5.11. The number of allylic oxidation sites excluding steroid dienone is 1. The fourth-order valence-corrected chi connectivity index (χ4v) is 2.62. The fourth-order valence-electron chi connectivity index (χ4n) is 2.62. The normalized spacial score (nSPS) is 15.2. The third kappa shape index (κ3) is 2.21. The van der Waals surface area contributed by atoms with Crippen molar-refractivity contribution in [3.63, 3.8) is 0 Å². The van der Waals surface area contributed by atoms with Crippen molar-refractivity contribution in [1.82, 2.24) is 24.8 Å². The number of nitrogens with zero attached hydrogens (tertiary/aromatic N) is 5. The first-order valence-electron chi connectivity index (χ1n) is 7.07. The Bertz CT molecular complexity index is 636. The summed E-state index contributed by atoms with van der Waals surface area (Å²) >= 11 is 0. The molecule has 0 amide bonds. The molecule has 106 valence electrons. The number of fused-ring (bicyclic) bond motifs is 1. The second-order valence-corrected chi connectivity index (χ2v) is 5.17. The van der Waals surface area contributed by atoms with E-state index in [0.29, 0.717) is 0 Å². The zero-order valence-corrected chi connectivity index (χ0v) is 12.2. The lowest BCUT2D eigenvalue weighted by molar-refractivity contribution is 0.455. The second-order valence-electron chi connectivity index (χ2n) is 5.17. The molecule has 0 bridgehead atoms. The summed E-state index contributed by atoms with van der Waals surface area (Å²) in [7, 11) is 1.95. The van der Waals surface area contributed by atoms with Crippen LogP contribution in [0.15, 0.2) is 12.1 Å². The van der Waals surface area contributed by atoms with Gasteiger partial charge in [-0.15, -0.1) is 5.10 Å². The van der Waals surface area contributed by atoms with Gasteiger partial charge in [-0.3, -0.25) is 4.68 Å². The molecule has 1 unspecified atom stereocenters. The first-order valence-corrected chi connectivity index (χ1v) is 7.07. The molecule has 6 heteroatoms. The molecule has 0 saturated heterocycles. The lowest BCUT2D eigenvalue weighted by Crippen LogP contribution is -2.22. The van der Waals surface area contributed by atoms with Gasteiger partial charge in [-0.1, -0.05) is 18.2 Å². The lowest BCUT2D eigenvalue weighted by atomic mass is 10.1. The van der Waals surface area contributed by atoms with Crippen LogP contribution >= 0.6 is 0 Å². The molecule has 0 fully saturated rings. The average Bonchev–Trinajstić information content (AvgIpc) is 3.00. The summed E-state index contributed by atoms with van der Waals surface area (Å²) in [6.07, 6.45) is 7.31. The molecule has 0 radical (unpaired) electrons. The SMILES string of the molecule is CCC(Nc1cc(C)nn1C)n1nnc2c1CCC=C2. The number of anilines is 1. The number of aromatic nitrogens is 5. The molecule has 2 aromatic heterocycles. The molecule has 0 saturated carbocycles. The van der Waals surface area contributed by atoms with Crippen LogP contribution in [-0.2, 0) is 13.5 Å². The maximum atomic E-state index is 4.36. The molecule has 6 nitrogen and oxygen atoms in total. The molecule has 0 aromatic carbocycles. The zero-order chi connectivity index (χ0) is 14.1. The Labute approximate surface area is 118 Å². The van der Waals surface area contributed by atoms with Gasteiger partial charge in [0.2, 0.25) is 0 Å². The first-order chi connectivity index (χ1) is 9.69. The van der Waals surface area contributed by atoms with E-state index in [4.69, 9.17) is 0 Å². The number of nitrogens with one attached hydrogen (secondary N) is 1. The van der Waals surface area contributed by atoms with Crippen molar-refractivity contribution >= 4 is 11.9 Å². The van der Waals surface area contributed by atoms with Crippen molar-refractivity contribution in [2.75, 3.05) is 5.32 Å². The summed E-state index contributed by atoms with van der Waals surface area (Å²) < 4.78 is 3.88. The highest BCUT2D eigenvalue weighted by molar-refractivity contribution is 5.49. The summed E-state index contributed by atoms with van der Waals surface area (Å²) in [5, 5.41) is 16.5. The molecular weight excluding hydrogens is 252 g/mol. The van der Waals surface area contributed by atoms with Crippen LogP contribution in [-0.4, -0.2) is 24.8 Å². The highest BCUT2D eigenvalue weighted by Crippen LogP contribution is 2.23. The van der Waals surface area contributed by atoms with Crippen molar-refractivity contribution in [3.05, 3.63) is 29.2 Å². The van der Waals surface area contributed by atoms with Gasteiger partial charge >= 0.3 is 0 Å². The van der Waals surface area contributed by atoms with E-state index in [1.165, 1.54) is 5.69 Å². The van der Waals surface area contributed by atoms with E-state index in [2.05, 4.69) is 39.8 Å². The molecule has 0 spiro atoms. The van der Waals surface area contributed by atoms with E-state index in [1.807, 2.05) is 29.4 Å². The largest absolute Gasteiger partial charge is 0.349 e. The third-order valence-electron chi connectivity index (χ3n) is 3.64. The quantitative estimate of drug-likeness (QED) is 0.927. The first kappa shape index (κ1) is 12.9. The van der Waals surface area contributed by atoms with Crippen molar-refractivity contribution in [2.45, 2.75) is 39.3 Å². The Kier molecular flexibility index (Phi) is 3.30. The number of rotatable bonds is 4. The fraction of sp³-hybridized carbons (Fsp3) is 0.500. The van der Waals surface area contributed by atoms with E-state index < -0.39 is 0 Å². The average molecular weight is 272 g/mol. The topological polar surface area (TPSA) is 60.6 Å². The van der Waals surface area contributed by atoms with E-state index in [0.717, 1.165) is 36.5 Å². The standard InChI is InChI=1S/C14H20N6/c1-4-13(15-14-9-10(2)17-19(14)3)20-12-8-6-5-7-11(12)16-18-20/h5,7,9,13,15H,4,6,8H2,1-3H3. The molecule has 1 N–H and O–H groups in total. The molecule has 20 heavy (non-hydrogen) atoms. The summed E-state index contributed by atoms with van der Waals surface area (Å²) in [4.78, 5) is 0.